The fraction of sp³-hybridized carbons (Fsp3) is 0.273. The van der Waals surface area contributed by atoms with Crippen LogP contribution in [0.3, 0.4) is 0 Å². The summed E-state index contributed by atoms with van der Waals surface area (Å²) in [6.07, 6.45) is 2.18. The van der Waals surface area contributed by atoms with Crippen molar-refractivity contribution < 1.29 is 26.8 Å². The average molecular weight is 464 g/mol. The zero-order chi connectivity index (χ0) is 23.1. The Kier molecular flexibility index (Phi) is 7.70. The maximum absolute atomic E-state index is 13.2. The van der Waals surface area contributed by atoms with Gasteiger partial charge in [-0.2, -0.15) is 4.31 Å². The number of piperidine rings is 1. The number of benzene rings is 2. The molecule has 2 N–H and O–H groups in total. The molecule has 2 amide bonds. The van der Waals surface area contributed by atoms with Crippen molar-refractivity contribution in [1.82, 2.24) is 9.62 Å². The number of halogens is 2. The Hall–Kier alpha value is -3.11. The number of anilines is 1. The summed E-state index contributed by atoms with van der Waals surface area (Å²) in [7, 11) is -3.60. The van der Waals surface area contributed by atoms with Crippen LogP contribution in [0.15, 0.2) is 53.9 Å². The minimum Gasteiger partial charge on any atom is -0.347 e. The third kappa shape index (κ3) is 6.44. The summed E-state index contributed by atoms with van der Waals surface area (Å²) in [6.45, 7) is 0.0529. The van der Waals surface area contributed by atoms with E-state index < -0.39 is 33.5 Å². The van der Waals surface area contributed by atoms with Gasteiger partial charge in [0.25, 0.3) is 0 Å². The van der Waals surface area contributed by atoms with E-state index in [1.54, 1.807) is 12.1 Å². The zero-order valence-corrected chi connectivity index (χ0v) is 17.9. The number of amides is 2. The van der Waals surface area contributed by atoms with Crippen LogP contribution in [0.1, 0.15) is 18.4 Å². The highest BCUT2D eigenvalue weighted by Gasteiger charge is 2.30. The Morgan fingerprint density at radius 1 is 1.03 bits per heavy atom. The van der Waals surface area contributed by atoms with Gasteiger partial charge in [-0.05, 0) is 36.6 Å². The topological polar surface area (TPSA) is 95.6 Å². The van der Waals surface area contributed by atoms with Gasteiger partial charge in [-0.3, -0.25) is 9.59 Å². The Bertz CT molecular complexity index is 1100. The molecule has 0 bridgehead atoms. The van der Waals surface area contributed by atoms with Gasteiger partial charge < -0.3 is 10.6 Å². The highest BCUT2D eigenvalue weighted by Crippen LogP contribution is 2.21. The Morgan fingerprint density at radius 3 is 2.38 bits per heavy atom. The van der Waals surface area contributed by atoms with Gasteiger partial charge >= 0.3 is 0 Å². The van der Waals surface area contributed by atoms with Gasteiger partial charge in [0.1, 0.15) is 0 Å². The second kappa shape index (κ2) is 10.5. The van der Waals surface area contributed by atoms with Gasteiger partial charge in [-0.1, -0.05) is 30.3 Å². The van der Waals surface area contributed by atoms with Crippen LogP contribution in [0.2, 0.25) is 0 Å². The quantitative estimate of drug-likeness (QED) is 0.660. The van der Waals surface area contributed by atoms with Crippen LogP contribution in [-0.4, -0.2) is 44.2 Å². The van der Waals surface area contributed by atoms with E-state index in [0.29, 0.717) is 12.8 Å². The van der Waals surface area contributed by atoms with Gasteiger partial charge in [0.05, 0.1) is 6.54 Å². The number of nitrogens with zero attached hydrogens (tertiary/aromatic N) is 1. The lowest BCUT2D eigenvalue weighted by Crippen LogP contribution is -2.43. The maximum atomic E-state index is 13.2. The molecular formula is C22H23F2N3O4S. The zero-order valence-electron chi connectivity index (χ0n) is 17.1. The predicted octanol–water partition coefficient (Wildman–Crippen LogP) is 2.73. The third-order valence-corrected chi connectivity index (χ3v) is 6.61. The summed E-state index contributed by atoms with van der Waals surface area (Å²) in [5.74, 6) is -3.49. The molecule has 10 heteroatoms. The van der Waals surface area contributed by atoms with Crippen LogP contribution in [-0.2, 0) is 19.6 Å². The lowest BCUT2D eigenvalue weighted by Gasteiger charge is -2.29. The van der Waals surface area contributed by atoms with Crippen LogP contribution in [0.25, 0.3) is 6.08 Å². The molecule has 1 aliphatic rings. The number of carbonyl (C=O) groups excluding carboxylic acids is 2. The molecular weight excluding hydrogens is 440 g/mol. The predicted molar refractivity (Wildman–Crippen MR) is 117 cm³/mol. The van der Waals surface area contributed by atoms with E-state index >= 15 is 0 Å². The molecule has 1 heterocycles. The molecule has 1 fully saturated rings. The lowest BCUT2D eigenvalue weighted by molar-refractivity contribution is -0.128. The smallest absolute Gasteiger partial charge is 0.243 e. The summed E-state index contributed by atoms with van der Waals surface area (Å²) >= 11 is 0. The standard InChI is InChI=1S/C22H23F2N3O4S/c23-19-7-6-18(14-20(19)24)26-21(28)15-25-22(29)17-8-11-27(12-9-17)32(30,31)13-10-16-4-2-1-3-5-16/h1-7,10,13-14,17H,8-9,11-12,15H2,(H,25,29)(H,26,28). The monoisotopic (exact) mass is 463 g/mol. The van der Waals surface area contributed by atoms with Crippen LogP contribution in [0.5, 0.6) is 0 Å². The molecule has 1 saturated heterocycles. The van der Waals surface area contributed by atoms with E-state index in [-0.39, 0.29) is 31.2 Å². The molecule has 2 aromatic rings. The summed E-state index contributed by atoms with van der Waals surface area (Å²) in [6, 6.07) is 12.0. The first-order valence-electron chi connectivity index (χ1n) is 10.0. The molecule has 32 heavy (non-hydrogen) atoms. The van der Waals surface area contributed by atoms with Crippen molar-refractivity contribution in [2.75, 3.05) is 25.0 Å². The SMILES string of the molecule is O=C(CNC(=O)C1CCN(S(=O)(=O)C=Cc2ccccc2)CC1)Nc1ccc(F)c(F)c1. The van der Waals surface area contributed by atoms with Crippen LogP contribution >= 0.6 is 0 Å². The van der Waals surface area contributed by atoms with E-state index in [2.05, 4.69) is 10.6 Å². The Labute approximate surface area is 185 Å². The minimum absolute atomic E-state index is 0.0743. The van der Waals surface area contributed by atoms with Crippen molar-refractivity contribution in [2.24, 2.45) is 5.92 Å². The summed E-state index contributed by atoms with van der Waals surface area (Å²) in [4.78, 5) is 24.3. The molecule has 0 aromatic heterocycles. The number of rotatable bonds is 7. The molecule has 2 aromatic carbocycles. The molecule has 0 aliphatic carbocycles. The number of hydrogen-bond donors (Lipinski definition) is 2. The molecule has 0 unspecified atom stereocenters. The van der Waals surface area contributed by atoms with E-state index in [4.69, 9.17) is 0 Å². The Balaban J connectivity index is 1.45. The van der Waals surface area contributed by atoms with Crippen molar-refractivity contribution in [3.05, 3.63) is 71.1 Å². The van der Waals surface area contributed by atoms with Gasteiger partial charge in [0, 0.05) is 36.2 Å². The molecule has 0 spiro atoms. The number of carbonyl (C=O) groups is 2. The fourth-order valence-corrected chi connectivity index (χ4v) is 4.50. The first kappa shape index (κ1) is 23.6. The maximum Gasteiger partial charge on any atom is 0.243 e. The lowest BCUT2D eigenvalue weighted by atomic mass is 9.97. The normalized spacial score (nSPS) is 15.6. The van der Waals surface area contributed by atoms with Gasteiger partial charge in [0.15, 0.2) is 11.6 Å². The molecule has 0 saturated carbocycles. The number of hydrogen-bond acceptors (Lipinski definition) is 4. The Morgan fingerprint density at radius 2 is 1.72 bits per heavy atom. The van der Waals surface area contributed by atoms with Gasteiger partial charge in [0.2, 0.25) is 21.8 Å². The van der Waals surface area contributed by atoms with Crippen molar-refractivity contribution in [3.63, 3.8) is 0 Å². The van der Waals surface area contributed by atoms with Crippen LogP contribution in [0, 0.1) is 17.6 Å². The summed E-state index contributed by atoms with van der Waals surface area (Å²) < 4.78 is 52.5. The minimum atomic E-state index is -3.60. The largest absolute Gasteiger partial charge is 0.347 e. The molecule has 1 aliphatic heterocycles. The van der Waals surface area contributed by atoms with Gasteiger partial charge in [-0.15, -0.1) is 0 Å². The van der Waals surface area contributed by atoms with E-state index in [1.165, 1.54) is 16.4 Å². The second-order valence-electron chi connectivity index (χ2n) is 7.33. The van der Waals surface area contributed by atoms with Crippen molar-refractivity contribution in [3.8, 4) is 0 Å². The number of nitrogens with one attached hydrogen (secondary N) is 2. The van der Waals surface area contributed by atoms with E-state index in [0.717, 1.165) is 23.1 Å². The highest BCUT2D eigenvalue weighted by atomic mass is 32.2. The van der Waals surface area contributed by atoms with Crippen LogP contribution in [0.4, 0.5) is 14.5 Å². The molecule has 0 radical (unpaired) electrons. The average Bonchev–Trinajstić information content (AvgIpc) is 2.79. The molecule has 0 atom stereocenters. The molecule has 3 rings (SSSR count). The molecule has 7 nitrogen and oxygen atoms in total. The van der Waals surface area contributed by atoms with E-state index in [1.807, 2.05) is 18.2 Å². The first-order valence-corrected chi connectivity index (χ1v) is 11.5. The summed E-state index contributed by atoms with van der Waals surface area (Å²) in [5, 5.41) is 6.02. The van der Waals surface area contributed by atoms with Gasteiger partial charge in [-0.25, -0.2) is 17.2 Å². The van der Waals surface area contributed by atoms with E-state index in [9.17, 15) is 26.8 Å². The first-order chi connectivity index (χ1) is 15.2. The third-order valence-electron chi connectivity index (χ3n) is 5.04. The van der Waals surface area contributed by atoms with Crippen molar-refractivity contribution in [2.45, 2.75) is 12.8 Å². The molecule has 170 valence electrons. The number of sulfonamides is 1. The fourth-order valence-electron chi connectivity index (χ4n) is 3.28. The second-order valence-corrected chi connectivity index (χ2v) is 9.15. The van der Waals surface area contributed by atoms with Crippen LogP contribution < -0.4 is 10.6 Å². The van der Waals surface area contributed by atoms with Crippen molar-refractivity contribution >= 4 is 33.6 Å². The van der Waals surface area contributed by atoms with Crippen molar-refractivity contribution in [1.29, 1.82) is 0 Å². The highest BCUT2D eigenvalue weighted by molar-refractivity contribution is 7.92. The summed E-state index contributed by atoms with van der Waals surface area (Å²) in [5.41, 5.74) is 0.845.